The standard InChI is InChI=1S/C26H29F3N2O3/c1-16(2)25-20(14-31(30-25)22-10-8-21(9-11-22)26(27,28)29)6-5-17(3)19-7-12-23(18(4)13-19)34-15-24(32)33/h7-14,16-17H,5-6,15H2,1-4H3,(H,32,33). The fourth-order valence-corrected chi connectivity index (χ4v) is 3.86. The Morgan fingerprint density at radius 1 is 1.12 bits per heavy atom. The van der Waals surface area contributed by atoms with Crippen molar-refractivity contribution in [2.45, 2.75) is 58.5 Å². The molecule has 34 heavy (non-hydrogen) atoms. The summed E-state index contributed by atoms with van der Waals surface area (Å²) in [6.07, 6.45) is -0.844. The molecular weight excluding hydrogens is 445 g/mol. The van der Waals surface area contributed by atoms with Crippen molar-refractivity contribution in [2.24, 2.45) is 0 Å². The zero-order valence-corrected chi connectivity index (χ0v) is 19.7. The summed E-state index contributed by atoms with van der Waals surface area (Å²) in [6, 6.07) is 10.8. The zero-order valence-electron chi connectivity index (χ0n) is 19.7. The van der Waals surface area contributed by atoms with E-state index in [9.17, 15) is 18.0 Å². The molecule has 0 fully saturated rings. The number of aliphatic carboxylic acids is 1. The topological polar surface area (TPSA) is 64.4 Å². The molecule has 1 aromatic heterocycles. The second kappa shape index (κ2) is 10.3. The molecule has 2 aromatic carbocycles. The van der Waals surface area contributed by atoms with Crippen LogP contribution in [0.1, 0.15) is 67.0 Å². The van der Waals surface area contributed by atoms with E-state index in [4.69, 9.17) is 9.84 Å². The highest BCUT2D eigenvalue weighted by atomic mass is 19.4. The predicted molar refractivity (Wildman–Crippen MR) is 124 cm³/mol. The van der Waals surface area contributed by atoms with E-state index in [0.717, 1.165) is 47.4 Å². The number of ether oxygens (including phenoxy) is 1. The van der Waals surface area contributed by atoms with Crippen molar-refractivity contribution in [3.63, 3.8) is 0 Å². The molecular formula is C26H29F3N2O3. The summed E-state index contributed by atoms with van der Waals surface area (Å²) < 4.78 is 45.6. The molecule has 1 heterocycles. The van der Waals surface area contributed by atoms with Crippen molar-refractivity contribution < 1.29 is 27.8 Å². The molecule has 0 bridgehead atoms. The molecule has 3 aromatic rings. The Kier molecular flexibility index (Phi) is 7.69. The summed E-state index contributed by atoms with van der Waals surface area (Å²) in [5.41, 5.74) is 3.91. The van der Waals surface area contributed by atoms with Gasteiger partial charge in [-0.15, -0.1) is 0 Å². The van der Waals surface area contributed by atoms with Gasteiger partial charge in [-0.1, -0.05) is 32.9 Å². The number of rotatable bonds is 9. The van der Waals surface area contributed by atoms with E-state index in [-0.39, 0.29) is 18.4 Å². The first kappa shape index (κ1) is 25.3. The molecule has 1 N–H and O–H groups in total. The first-order valence-corrected chi connectivity index (χ1v) is 11.2. The summed E-state index contributed by atoms with van der Waals surface area (Å²) in [7, 11) is 0. The van der Waals surface area contributed by atoms with Gasteiger partial charge in [0, 0.05) is 6.20 Å². The highest BCUT2D eigenvalue weighted by Gasteiger charge is 2.30. The predicted octanol–water partition coefficient (Wildman–Crippen LogP) is 6.52. The molecule has 0 aliphatic heterocycles. The Balaban J connectivity index is 1.73. The van der Waals surface area contributed by atoms with Crippen LogP contribution in [-0.2, 0) is 17.4 Å². The van der Waals surface area contributed by atoms with E-state index in [1.54, 1.807) is 10.7 Å². The average Bonchev–Trinajstić information content (AvgIpc) is 3.20. The lowest BCUT2D eigenvalue weighted by molar-refractivity contribution is -0.139. The van der Waals surface area contributed by atoms with Gasteiger partial charge in [-0.2, -0.15) is 18.3 Å². The van der Waals surface area contributed by atoms with Crippen LogP contribution in [0, 0.1) is 6.92 Å². The number of alkyl halides is 3. The molecule has 0 radical (unpaired) electrons. The number of halogens is 3. The SMILES string of the molecule is Cc1cc(C(C)CCc2cn(-c3ccc(C(F)(F)F)cc3)nc2C(C)C)ccc1OCC(=O)O. The van der Waals surface area contributed by atoms with Gasteiger partial charge in [0.2, 0.25) is 0 Å². The number of nitrogens with zero attached hydrogens (tertiary/aromatic N) is 2. The van der Waals surface area contributed by atoms with Crippen molar-refractivity contribution in [3.8, 4) is 11.4 Å². The average molecular weight is 475 g/mol. The lowest BCUT2D eigenvalue weighted by Crippen LogP contribution is -2.10. The van der Waals surface area contributed by atoms with Gasteiger partial charge in [-0.3, -0.25) is 0 Å². The van der Waals surface area contributed by atoms with Crippen LogP contribution in [-0.4, -0.2) is 27.5 Å². The number of benzene rings is 2. The number of hydrogen-bond acceptors (Lipinski definition) is 3. The van der Waals surface area contributed by atoms with Gasteiger partial charge in [0.05, 0.1) is 16.9 Å². The third-order valence-corrected chi connectivity index (χ3v) is 5.79. The molecule has 0 saturated heterocycles. The molecule has 3 rings (SSSR count). The molecule has 0 spiro atoms. The van der Waals surface area contributed by atoms with E-state index < -0.39 is 17.7 Å². The monoisotopic (exact) mass is 474 g/mol. The summed E-state index contributed by atoms with van der Waals surface area (Å²) in [5, 5.41) is 13.4. The van der Waals surface area contributed by atoms with Crippen molar-refractivity contribution in [3.05, 3.63) is 76.6 Å². The van der Waals surface area contributed by atoms with Crippen LogP contribution in [0.4, 0.5) is 13.2 Å². The van der Waals surface area contributed by atoms with E-state index in [2.05, 4.69) is 12.0 Å². The minimum atomic E-state index is -4.37. The highest BCUT2D eigenvalue weighted by Crippen LogP contribution is 2.31. The maximum atomic E-state index is 12.9. The summed E-state index contributed by atoms with van der Waals surface area (Å²) in [5.74, 6) is -0.0523. The van der Waals surface area contributed by atoms with Gasteiger partial charge in [0.15, 0.2) is 6.61 Å². The molecule has 182 valence electrons. The van der Waals surface area contributed by atoms with Crippen LogP contribution in [0.2, 0.25) is 0 Å². The lowest BCUT2D eigenvalue weighted by Gasteiger charge is -2.15. The van der Waals surface area contributed by atoms with E-state index >= 15 is 0 Å². The molecule has 1 unspecified atom stereocenters. The Hall–Kier alpha value is -3.29. The van der Waals surface area contributed by atoms with Gasteiger partial charge in [0.1, 0.15) is 5.75 Å². The van der Waals surface area contributed by atoms with Gasteiger partial charge in [-0.05, 0) is 78.6 Å². The van der Waals surface area contributed by atoms with Crippen LogP contribution in [0.15, 0.2) is 48.7 Å². The molecule has 5 nitrogen and oxygen atoms in total. The largest absolute Gasteiger partial charge is 0.482 e. The second-order valence-corrected chi connectivity index (χ2v) is 8.83. The summed E-state index contributed by atoms with van der Waals surface area (Å²) in [6.45, 7) is 7.73. The second-order valence-electron chi connectivity index (χ2n) is 8.83. The Morgan fingerprint density at radius 2 is 1.79 bits per heavy atom. The minimum absolute atomic E-state index is 0.175. The third-order valence-electron chi connectivity index (χ3n) is 5.79. The van der Waals surface area contributed by atoms with E-state index in [1.807, 2.05) is 39.1 Å². The van der Waals surface area contributed by atoms with Crippen molar-refractivity contribution >= 4 is 5.97 Å². The fourth-order valence-electron chi connectivity index (χ4n) is 3.86. The quantitative estimate of drug-likeness (QED) is 0.383. The van der Waals surface area contributed by atoms with Crippen LogP contribution in [0.25, 0.3) is 5.69 Å². The number of hydrogen-bond donors (Lipinski definition) is 1. The number of aromatic nitrogens is 2. The molecule has 0 amide bonds. The fraction of sp³-hybridized carbons (Fsp3) is 0.385. The van der Waals surface area contributed by atoms with Crippen LogP contribution >= 0.6 is 0 Å². The van der Waals surface area contributed by atoms with Crippen LogP contribution in [0.3, 0.4) is 0 Å². The molecule has 8 heteroatoms. The highest BCUT2D eigenvalue weighted by molar-refractivity contribution is 5.68. The summed E-state index contributed by atoms with van der Waals surface area (Å²) >= 11 is 0. The van der Waals surface area contributed by atoms with Crippen molar-refractivity contribution in [1.29, 1.82) is 0 Å². The first-order chi connectivity index (χ1) is 16.0. The van der Waals surface area contributed by atoms with Crippen LogP contribution in [0.5, 0.6) is 5.75 Å². The summed E-state index contributed by atoms with van der Waals surface area (Å²) in [4.78, 5) is 10.7. The van der Waals surface area contributed by atoms with Gasteiger partial charge >= 0.3 is 12.1 Å². The zero-order chi connectivity index (χ0) is 25.0. The lowest BCUT2D eigenvalue weighted by atomic mass is 9.92. The number of carboxylic acid groups (broad SMARTS) is 1. The third kappa shape index (κ3) is 6.18. The number of aryl methyl sites for hydroxylation is 2. The maximum Gasteiger partial charge on any atom is 0.416 e. The van der Waals surface area contributed by atoms with Gasteiger partial charge in [-0.25, -0.2) is 9.48 Å². The molecule has 1 atom stereocenters. The van der Waals surface area contributed by atoms with Crippen molar-refractivity contribution in [1.82, 2.24) is 9.78 Å². The molecule has 0 aliphatic rings. The Labute approximate surface area is 197 Å². The first-order valence-electron chi connectivity index (χ1n) is 11.2. The van der Waals surface area contributed by atoms with E-state index in [0.29, 0.717) is 11.4 Å². The normalized spacial score (nSPS) is 12.7. The van der Waals surface area contributed by atoms with E-state index in [1.165, 1.54) is 12.1 Å². The number of carbonyl (C=O) groups is 1. The maximum absolute atomic E-state index is 12.9. The van der Waals surface area contributed by atoms with Crippen molar-refractivity contribution in [2.75, 3.05) is 6.61 Å². The molecule has 0 aliphatic carbocycles. The van der Waals surface area contributed by atoms with Gasteiger partial charge in [0.25, 0.3) is 0 Å². The number of carboxylic acids is 1. The smallest absolute Gasteiger partial charge is 0.416 e. The minimum Gasteiger partial charge on any atom is -0.482 e. The van der Waals surface area contributed by atoms with Gasteiger partial charge < -0.3 is 9.84 Å². The Bertz CT molecular complexity index is 1140. The Morgan fingerprint density at radius 3 is 2.35 bits per heavy atom. The molecule has 0 saturated carbocycles. The van der Waals surface area contributed by atoms with Crippen LogP contribution < -0.4 is 4.74 Å².